The maximum atomic E-state index is 12.8. The number of amides is 1. The highest BCUT2D eigenvalue weighted by Gasteiger charge is 2.45. The summed E-state index contributed by atoms with van der Waals surface area (Å²) < 4.78 is 10.7. The molecule has 0 saturated carbocycles. The molecule has 0 spiro atoms. The molecule has 1 aliphatic rings. The number of aliphatic hydroxyl groups excluding tert-OH is 1. The average Bonchev–Trinajstić information content (AvgIpc) is 3.01. The summed E-state index contributed by atoms with van der Waals surface area (Å²) >= 11 is 0. The minimum absolute atomic E-state index is 0.0829. The number of likely N-dealkylation sites (tertiary alicyclic amines) is 1. The first-order valence-corrected chi connectivity index (χ1v) is 9.64. The summed E-state index contributed by atoms with van der Waals surface area (Å²) in [5.41, 5.74) is 1.30. The Balaban J connectivity index is 2.05. The van der Waals surface area contributed by atoms with Gasteiger partial charge in [-0.25, -0.2) is 0 Å². The van der Waals surface area contributed by atoms with E-state index in [1.54, 1.807) is 24.3 Å². The van der Waals surface area contributed by atoms with E-state index in [1.807, 2.05) is 37.3 Å². The van der Waals surface area contributed by atoms with Crippen molar-refractivity contribution in [2.24, 2.45) is 0 Å². The Labute approximate surface area is 170 Å². The van der Waals surface area contributed by atoms with E-state index in [2.05, 4.69) is 0 Å². The molecule has 1 saturated heterocycles. The lowest BCUT2D eigenvalue weighted by Gasteiger charge is -2.25. The fraction of sp³-hybridized carbons (Fsp3) is 0.304. The highest BCUT2D eigenvalue weighted by atomic mass is 16.5. The molecule has 1 aliphatic heterocycles. The van der Waals surface area contributed by atoms with Crippen molar-refractivity contribution in [1.82, 2.24) is 4.90 Å². The molecule has 1 atom stereocenters. The summed E-state index contributed by atoms with van der Waals surface area (Å²) in [6.45, 7) is 3.17. The fourth-order valence-electron chi connectivity index (χ4n) is 3.36. The van der Waals surface area contributed by atoms with E-state index in [9.17, 15) is 14.7 Å². The van der Waals surface area contributed by atoms with Crippen LogP contribution in [0.3, 0.4) is 0 Å². The lowest BCUT2D eigenvalue weighted by Crippen LogP contribution is -2.32. The van der Waals surface area contributed by atoms with Gasteiger partial charge in [-0.1, -0.05) is 49.4 Å². The average molecular weight is 395 g/mol. The summed E-state index contributed by atoms with van der Waals surface area (Å²) in [6, 6.07) is 15.3. The number of aliphatic hydroxyl groups is 1. The number of methoxy groups -OCH3 is 1. The molecule has 2 aromatic rings. The van der Waals surface area contributed by atoms with Crippen LogP contribution in [0.25, 0.3) is 5.76 Å². The van der Waals surface area contributed by atoms with Crippen molar-refractivity contribution in [1.29, 1.82) is 0 Å². The van der Waals surface area contributed by atoms with Crippen molar-refractivity contribution in [3.05, 3.63) is 71.3 Å². The molecule has 0 aromatic heterocycles. The predicted octanol–water partition coefficient (Wildman–Crippen LogP) is 3.54. The number of rotatable bonds is 8. The van der Waals surface area contributed by atoms with E-state index in [0.717, 1.165) is 12.0 Å². The lowest BCUT2D eigenvalue weighted by molar-refractivity contribution is -0.140. The molecule has 0 radical (unpaired) electrons. The molecule has 1 heterocycles. The van der Waals surface area contributed by atoms with Gasteiger partial charge in [-0.3, -0.25) is 9.59 Å². The largest absolute Gasteiger partial charge is 0.507 e. The molecule has 0 bridgehead atoms. The Kier molecular flexibility index (Phi) is 6.67. The minimum Gasteiger partial charge on any atom is -0.507 e. The van der Waals surface area contributed by atoms with Crippen LogP contribution >= 0.6 is 0 Å². The summed E-state index contributed by atoms with van der Waals surface area (Å²) in [6.07, 6.45) is 0.899. The third-order valence-corrected chi connectivity index (χ3v) is 4.79. The number of hydrogen-bond acceptors (Lipinski definition) is 5. The van der Waals surface area contributed by atoms with Crippen LogP contribution in [0.1, 0.15) is 30.5 Å². The molecule has 6 heteroatoms. The highest BCUT2D eigenvalue weighted by Crippen LogP contribution is 2.39. The molecule has 29 heavy (non-hydrogen) atoms. The second-order valence-electron chi connectivity index (χ2n) is 6.77. The Morgan fingerprint density at radius 3 is 2.34 bits per heavy atom. The van der Waals surface area contributed by atoms with Crippen LogP contribution in [0.15, 0.2) is 60.2 Å². The zero-order valence-corrected chi connectivity index (χ0v) is 16.6. The number of nitrogens with zero attached hydrogens (tertiary/aromatic N) is 1. The van der Waals surface area contributed by atoms with Gasteiger partial charge < -0.3 is 19.5 Å². The van der Waals surface area contributed by atoms with Gasteiger partial charge in [-0.2, -0.15) is 0 Å². The molecular formula is C23H25NO5. The minimum atomic E-state index is -0.696. The molecule has 3 rings (SSSR count). The normalized spacial score (nSPS) is 18.3. The van der Waals surface area contributed by atoms with Gasteiger partial charge in [0, 0.05) is 19.2 Å². The lowest BCUT2D eigenvalue weighted by atomic mass is 9.95. The van der Waals surface area contributed by atoms with Crippen LogP contribution in [-0.2, 0) is 14.3 Å². The zero-order valence-electron chi connectivity index (χ0n) is 16.6. The smallest absolute Gasteiger partial charge is 0.295 e. The van der Waals surface area contributed by atoms with E-state index >= 15 is 0 Å². The van der Waals surface area contributed by atoms with Crippen LogP contribution in [0.4, 0.5) is 0 Å². The quantitative estimate of drug-likeness (QED) is 0.420. The van der Waals surface area contributed by atoms with Crippen LogP contribution in [0, 0.1) is 0 Å². The Bertz CT molecular complexity index is 889. The number of carbonyl (C=O) groups is 2. The summed E-state index contributed by atoms with van der Waals surface area (Å²) in [5, 5.41) is 10.9. The molecule has 152 valence electrons. The van der Waals surface area contributed by atoms with Gasteiger partial charge in [0.05, 0.1) is 24.8 Å². The number of ether oxygens (including phenoxy) is 2. The molecule has 1 fully saturated rings. The SMILES string of the molecule is CCCOc1ccc(C2/C(=C(/O)c3ccccc3)C(=O)C(=O)N2CCOC)cc1. The molecule has 2 aromatic carbocycles. The van der Waals surface area contributed by atoms with Crippen LogP contribution in [0.2, 0.25) is 0 Å². The Morgan fingerprint density at radius 2 is 1.72 bits per heavy atom. The third kappa shape index (κ3) is 4.32. The first-order chi connectivity index (χ1) is 14.1. The van der Waals surface area contributed by atoms with Crippen molar-refractivity contribution < 1.29 is 24.2 Å². The summed E-state index contributed by atoms with van der Waals surface area (Å²) in [4.78, 5) is 27.0. The van der Waals surface area contributed by atoms with Gasteiger partial charge in [-0.15, -0.1) is 0 Å². The molecule has 1 unspecified atom stereocenters. The maximum absolute atomic E-state index is 12.8. The van der Waals surface area contributed by atoms with Crippen molar-refractivity contribution >= 4 is 17.4 Å². The second kappa shape index (κ2) is 9.39. The number of benzene rings is 2. The van der Waals surface area contributed by atoms with Gasteiger partial charge >= 0.3 is 0 Å². The topological polar surface area (TPSA) is 76.1 Å². The monoisotopic (exact) mass is 395 g/mol. The van der Waals surface area contributed by atoms with Gasteiger partial charge in [-0.05, 0) is 24.1 Å². The van der Waals surface area contributed by atoms with E-state index in [-0.39, 0.29) is 24.5 Å². The standard InChI is InChI=1S/C23H25NO5/c1-3-14-29-18-11-9-16(10-12-18)20-19(21(25)17-7-5-4-6-8-17)22(26)23(27)24(20)13-15-28-2/h4-12,20,25H,3,13-15H2,1-2H3/b21-19-. The van der Waals surface area contributed by atoms with E-state index in [0.29, 0.717) is 17.9 Å². The first-order valence-electron chi connectivity index (χ1n) is 9.64. The van der Waals surface area contributed by atoms with E-state index in [1.165, 1.54) is 12.0 Å². The van der Waals surface area contributed by atoms with Gasteiger partial charge in [0.25, 0.3) is 11.7 Å². The number of ketones is 1. The van der Waals surface area contributed by atoms with Crippen LogP contribution in [0.5, 0.6) is 5.75 Å². The molecule has 6 nitrogen and oxygen atoms in total. The second-order valence-corrected chi connectivity index (χ2v) is 6.77. The Morgan fingerprint density at radius 1 is 1.03 bits per heavy atom. The van der Waals surface area contributed by atoms with Crippen LogP contribution < -0.4 is 4.74 Å². The number of Topliss-reactive ketones (excluding diaryl/α,β-unsaturated/α-hetero) is 1. The maximum Gasteiger partial charge on any atom is 0.295 e. The van der Waals surface area contributed by atoms with Crippen molar-refractivity contribution in [2.75, 3.05) is 26.9 Å². The summed E-state index contributed by atoms with van der Waals surface area (Å²) in [5.74, 6) is -0.803. The molecule has 1 amide bonds. The fourth-order valence-corrected chi connectivity index (χ4v) is 3.36. The van der Waals surface area contributed by atoms with E-state index in [4.69, 9.17) is 9.47 Å². The predicted molar refractivity (Wildman–Crippen MR) is 110 cm³/mol. The van der Waals surface area contributed by atoms with Crippen LogP contribution in [-0.4, -0.2) is 48.6 Å². The van der Waals surface area contributed by atoms with Crippen molar-refractivity contribution in [3.8, 4) is 5.75 Å². The number of hydrogen-bond donors (Lipinski definition) is 1. The first kappa shape index (κ1) is 20.6. The van der Waals surface area contributed by atoms with Gasteiger partial charge in [0.15, 0.2) is 0 Å². The number of carbonyl (C=O) groups excluding carboxylic acids is 2. The zero-order chi connectivity index (χ0) is 20.8. The van der Waals surface area contributed by atoms with Crippen molar-refractivity contribution in [2.45, 2.75) is 19.4 Å². The van der Waals surface area contributed by atoms with E-state index < -0.39 is 17.7 Å². The molecule has 0 aliphatic carbocycles. The molecular weight excluding hydrogens is 370 g/mol. The van der Waals surface area contributed by atoms with Gasteiger partial charge in [0.1, 0.15) is 11.5 Å². The summed E-state index contributed by atoms with van der Waals surface area (Å²) in [7, 11) is 1.54. The Hall–Kier alpha value is -3.12. The molecule has 1 N–H and O–H groups in total. The van der Waals surface area contributed by atoms with Gasteiger partial charge in [0.2, 0.25) is 0 Å². The van der Waals surface area contributed by atoms with Crippen molar-refractivity contribution in [3.63, 3.8) is 0 Å². The highest BCUT2D eigenvalue weighted by molar-refractivity contribution is 6.46. The third-order valence-electron chi connectivity index (χ3n) is 4.79.